The lowest BCUT2D eigenvalue weighted by Crippen LogP contribution is -2.34. The fourth-order valence-electron chi connectivity index (χ4n) is 3.70. The summed E-state index contributed by atoms with van der Waals surface area (Å²) >= 11 is 6.27. The summed E-state index contributed by atoms with van der Waals surface area (Å²) in [7, 11) is 0. The van der Waals surface area contributed by atoms with E-state index in [0.717, 1.165) is 18.5 Å². The summed E-state index contributed by atoms with van der Waals surface area (Å²) < 4.78 is 5.53. The molecule has 1 aliphatic rings. The second kappa shape index (κ2) is 9.34. The Morgan fingerprint density at radius 3 is 2.60 bits per heavy atom. The molecule has 3 rings (SSSR count). The van der Waals surface area contributed by atoms with Gasteiger partial charge in [0.2, 0.25) is 0 Å². The number of amides is 2. The molecule has 2 aromatic rings. The van der Waals surface area contributed by atoms with Crippen molar-refractivity contribution in [1.82, 2.24) is 9.88 Å². The first-order chi connectivity index (χ1) is 14.3. The minimum atomic E-state index is -0.337. The summed E-state index contributed by atoms with van der Waals surface area (Å²) in [5.41, 5.74) is 3.02. The highest BCUT2D eigenvalue weighted by Crippen LogP contribution is 2.29. The van der Waals surface area contributed by atoms with E-state index < -0.39 is 0 Å². The van der Waals surface area contributed by atoms with Gasteiger partial charge in [0, 0.05) is 36.5 Å². The summed E-state index contributed by atoms with van der Waals surface area (Å²) in [6.07, 6.45) is 2.07. The van der Waals surface area contributed by atoms with Crippen LogP contribution in [0, 0.1) is 6.92 Å². The van der Waals surface area contributed by atoms with E-state index in [1.54, 1.807) is 30.0 Å². The smallest absolute Gasteiger partial charge is 0.272 e. The molecule has 0 radical (unpaired) electrons. The van der Waals surface area contributed by atoms with E-state index in [9.17, 15) is 14.4 Å². The van der Waals surface area contributed by atoms with Crippen LogP contribution in [0.1, 0.15) is 58.8 Å². The zero-order chi connectivity index (χ0) is 21.8. The fraction of sp³-hybridized carbons (Fsp3) is 0.409. The Morgan fingerprint density at radius 1 is 1.23 bits per heavy atom. The first-order valence-corrected chi connectivity index (χ1v) is 10.5. The second-order valence-electron chi connectivity index (χ2n) is 7.21. The number of ketones is 1. The van der Waals surface area contributed by atoms with Crippen LogP contribution in [-0.2, 0) is 11.2 Å². The predicted molar refractivity (Wildman–Crippen MR) is 116 cm³/mol. The Hall–Kier alpha value is -2.80. The van der Waals surface area contributed by atoms with E-state index in [0.29, 0.717) is 47.8 Å². The molecule has 0 saturated carbocycles. The first kappa shape index (κ1) is 21.9. The van der Waals surface area contributed by atoms with Gasteiger partial charge in [-0.3, -0.25) is 14.4 Å². The van der Waals surface area contributed by atoms with Gasteiger partial charge in [-0.2, -0.15) is 0 Å². The van der Waals surface area contributed by atoms with Gasteiger partial charge in [0.05, 0.1) is 5.02 Å². The van der Waals surface area contributed by atoms with Gasteiger partial charge in [0.1, 0.15) is 11.4 Å². The number of likely N-dealkylation sites (N-methyl/N-ethyl adjacent to an activating group) is 1. The Bertz CT molecular complexity index is 979. The molecular weight excluding hydrogens is 406 g/mol. The number of halogens is 1. The van der Waals surface area contributed by atoms with Crippen molar-refractivity contribution in [1.29, 1.82) is 0 Å². The van der Waals surface area contributed by atoms with E-state index in [-0.39, 0.29) is 29.2 Å². The number of anilines is 1. The van der Waals surface area contributed by atoms with Crippen LogP contribution >= 0.6 is 11.6 Å². The number of aromatic nitrogens is 1. The maximum Gasteiger partial charge on any atom is 0.272 e. The monoisotopic (exact) mass is 431 g/mol. The maximum atomic E-state index is 12.7. The molecule has 2 amide bonds. The second-order valence-corrected chi connectivity index (χ2v) is 7.62. The highest BCUT2D eigenvalue weighted by Gasteiger charge is 2.26. The van der Waals surface area contributed by atoms with Crippen molar-refractivity contribution in [3.8, 4) is 5.75 Å². The van der Waals surface area contributed by atoms with Gasteiger partial charge < -0.3 is 19.9 Å². The number of aromatic amines is 1. The van der Waals surface area contributed by atoms with E-state index in [1.165, 1.54) is 0 Å². The van der Waals surface area contributed by atoms with Crippen molar-refractivity contribution in [2.45, 2.75) is 40.0 Å². The number of ether oxygens (including phenoxy) is 1. The molecule has 7 nitrogen and oxygen atoms in total. The average Bonchev–Trinajstić information content (AvgIpc) is 3.06. The van der Waals surface area contributed by atoms with Crippen LogP contribution in [0.3, 0.4) is 0 Å². The molecule has 2 N–H and O–H groups in total. The number of rotatable bonds is 7. The Morgan fingerprint density at radius 2 is 1.97 bits per heavy atom. The van der Waals surface area contributed by atoms with Crippen LogP contribution in [0.25, 0.3) is 0 Å². The molecule has 8 heteroatoms. The zero-order valence-electron chi connectivity index (χ0n) is 17.4. The molecule has 0 saturated heterocycles. The SMILES string of the molecule is CCN(CC)C(=O)COc1ccc(NC(=O)c2[nH]c3c(c2C)C(=O)CCC3)cc1Cl. The van der Waals surface area contributed by atoms with Crippen molar-refractivity contribution in [3.63, 3.8) is 0 Å². The van der Waals surface area contributed by atoms with Crippen molar-refractivity contribution in [3.05, 3.63) is 45.7 Å². The number of nitrogens with one attached hydrogen (secondary N) is 2. The third kappa shape index (κ3) is 4.51. The van der Waals surface area contributed by atoms with Crippen LogP contribution in [0.15, 0.2) is 18.2 Å². The molecule has 0 fully saturated rings. The van der Waals surface area contributed by atoms with Crippen molar-refractivity contribution < 1.29 is 19.1 Å². The van der Waals surface area contributed by atoms with Gasteiger partial charge in [-0.1, -0.05) is 11.6 Å². The lowest BCUT2D eigenvalue weighted by Gasteiger charge is -2.19. The minimum Gasteiger partial charge on any atom is -0.482 e. The van der Waals surface area contributed by atoms with Gasteiger partial charge in [-0.05, 0) is 57.4 Å². The molecule has 1 heterocycles. The highest BCUT2D eigenvalue weighted by atomic mass is 35.5. The summed E-state index contributed by atoms with van der Waals surface area (Å²) in [5.74, 6) is -0.00883. The van der Waals surface area contributed by atoms with Crippen LogP contribution in [0.5, 0.6) is 5.75 Å². The average molecular weight is 432 g/mol. The minimum absolute atomic E-state index is 0.0767. The van der Waals surface area contributed by atoms with E-state index in [1.807, 2.05) is 13.8 Å². The summed E-state index contributed by atoms with van der Waals surface area (Å²) in [4.78, 5) is 41.7. The lowest BCUT2D eigenvalue weighted by molar-refractivity contribution is -0.132. The number of nitrogens with zero attached hydrogens (tertiary/aromatic N) is 1. The van der Waals surface area contributed by atoms with Crippen LogP contribution in [-0.4, -0.2) is 47.2 Å². The molecule has 160 valence electrons. The number of carbonyl (C=O) groups is 3. The van der Waals surface area contributed by atoms with Gasteiger partial charge in [0.25, 0.3) is 11.8 Å². The van der Waals surface area contributed by atoms with Crippen LogP contribution in [0.4, 0.5) is 5.69 Å². The predicted octanol–water partition coefficient (Wildman–Crippen LogP) is 4.00. The van der Waals surface area contributed by atoms with Gasteiger partial charge in [-0.25, -0.2) is 0 Å². The molecule has 0 atom stereocenters. The maximum absolute atomic E-state index is 12.7. The summed E-state index contributed by atoms with van der Waals surface area (Å²) in [6, 6.07) is 4.84. The molecule has 0 spiro atoms. The summed E-state index contributed by atoms with van der Waals surface area (Å²) in [6.45, 7) is 6.72. The normalized spacial score (nSPS) is 13.0. The first-order valence-electron chi connectivity index (χ1n) is 10.1. The molecule has 0 bridgehead atoms. The quantitative estimate of drug-likeness (QED) is 0.693. The van der Waals surface area contributed by atoms with Crippen LogP contribution in [0.2, 0.25) is 5.02 Å². The molecule has 1 aromatic carbocycles. The number of Topliss-reactive ketones (excluding diaryl/α,β-unsaturated/α-hetero) is 1. The Labute approximate surface area is 180 Å². The standard InChI is InChI=1S/C22H26ClN3O4/c1-4-26(5-2)19(28)12-30-18-10-9-14(11-15(18)23)24-22(29)21-13(3)20-16(25-21)7-6-8-17(20)27/h9-11,25H,4-8,12H2,1-3H3,(H,24,29). The number of hydrogen-bond donors (Lipinski definition) is 2. The van der Waals surface area contributed by atoms with Gasteiger partial charge in [-0.15, -0.1) is 0 Å². The zero-order valence-corrected chi connectivity index (χ0v) is 18.2. The van der Waals surface area contributed by atoms with Crippen molar-refractivity contribution in [2.75, 3.05) is 25.0 Å². The Balaban J connectivity index is 1.68. The molecule has 0 aliphatic heterocycles. The van der Waals surface area contributed by atoms with Crippen molar-refractivity contribution >= 4 is 34.9 Å². The largest absolute Gasteiger partial charge is 0.482 e. The topological polar surface area (TPSA) is 91.5 Å². The van der Waals surface area contributed by atoms with Crippen LogP contribution < -0.4 is 10.1 Å². The third-order valence-electron chi connectivity index (χ3n) is 5.32. The van der Waals surface area contributed by atoms with Gasteiger partial charge >= 0.3 is 0 Å². The Kier molecular flexibility index (Phi) is 6.82. The molecule has 1 aromatic heterocycles. The number of benzene rings is 1. The van der Waals surface area contributed by atoms with E-state index in [2.05, 4.69) is 10.3 Å². The number of fused-ring (bicyclic) bond motifs is 1. The fourth-order valence-corrected chi connectivity index (χ4v) is 3.93. The lowest BCUT2D eigenvalue weighted by atomic mass is 9.94. The number of H-pyrrole nitrogens is 1. The molecular formula is C22H26ClN3O4. The molecule has 1 aliphatic carbocycles. The van der Waals surface area contributed by atoms with Crippen molar-refractivity contribution in [2.24, 2.45) is 0 Å². The van der Waals surface area contributed by atoms with E-state index >= 15 is 0 Å². The summed E-state index contributed by atoms with van der Waals surface area (Å²) in [5, 5.41) is 3.09. The highest BCUT2D eigenvalue weighted by molar-refractivity contribution is 6.32. The number of aryl methyl sites for hydroxylation is 1. The number of carbonyl (C=O) groups excluding carboxylic acids is 3. The third-order valence-corrected chi connectivity index (χ3v) is 5.62. The van der Waals surface area contributed by atoms with E-state index in [4.69, 9.17) is 16.3 Å². The van der Waals surface area contributed by atoms with Gasteiger partial charge in [0.15, 0.2) is 12.4 Å². The number of hydrogen-bond acceptors (Lipinski definition) is 4. The molecule has 30 heavy (non-hydrogen) atoms. The molecule has 0 unspecified atom stereocenters.